The molecule has 50 heavy (non-hydrogen) atoms. The van der Waals surface area contributed by atoms with Gasteiger partial charge in [-0.2, -0.15) is 0 Å². The van der Waals surface area contributed by atoms with Crippen molar-refractivity contribution in [2.24, 2.45) is 0 Å². The highest BCUT2D eigenvalue weighted by Crippen LogP contribution is 2.47. The molecule has 0 aliphatic rings. The molecule has 0 saturated carbocycles. The van der Waals surface area contributed by atoms with Crippen LogP contribution in [0.4, 0.5) is 0 Å². The molecule has 0 aliphatic carbocycles. The van der Waals surface area contributed by atoms with E-state index in [2.05, 4.69) is 168 Å². The van der Waals surface area contributed by atoms with Crippen molar-refractivity contribution in [1.29, 1.82) is 0 Å². The predicted molar refractivity (Wildman–Crippen MR) is 211 cm³/mol. The number of aromatic nitrogens is 3. The summed E-state index contributed by atoms with van der Waals surface area (Å²) in [5.41, 5.74) is 10.9. The molecule has 4 heteroatoms. The standard InChI is InChI=1S/C46H29N3S/c1-4-14-30(15-5-1)37-28-42-44(36-21-11-13-23-41(36)50-42)45-43(37)35-20-10-12-22-40(35)49(45)34-26-24-33(25-27-34)46-47-38(31-16-6-2-7-17-31)29-39(48-46)32-18-8-3-9-19-32/h1-29H. The van der Waals surface area contributed by atoms with Crippen LogP contribution in [-0.2, 0) is 0 Å². The van der Waals surface area contributed by atoms with Crippen molar-refractivity contribution in [2.75, 3.05) is 0 Å². The summed E-state index contributed by atoms with van der Waals surface area (Å²) in [6.45, 7) is 0. The Kier molecular flexibility index (Phi) is 6.68. The van der Waals surface area contributed by atoms with Crippen LogP contribution >= 0.6 is 11.3 Å². The van der Waals surface area contributed by atoms with Crippen molar-refractivity contribution in [3.8, 4) is 50.7 Å². The molecule has 10 aromatic rings. The van der Waals surface area contributed by atoms with Crippen molar-refractivity contribution >= 4 is 53.3 Å². The molecular weight excluding hydrogens is 627 g/mol. The Labute approximate surface area is 293 Å². The minimum Gasteiger partial charge on any atom is -0.309 e. The molecule has 10 rings (SSSR count). The summed E-state index contributed by atoms with van der Waals surface area (Å²) in [5.74, 6) is 0.705. The number of hydrogen-bond donors (Lipinski definition) is 0. The molecule has 3 nitrogen and oxygen atoms in total. The van der Waals surface area contributed by atoms with Crippen LogP contribution in [0.15, 0.2) is 176 Å². The first-order chi connectivity index (χ1) is 24.8. The quantitative estimate of drug-likeness (QED) is 0.185. The monoisotopic (exact) mass is 655 g/mol. The van der Waals surface area contributed by atoms with Crippen LogP contribution in [0.3, 0.4) is 0 Å². The third-order valence-electron chi connectivity index (χ3n) is 9.61. The number of para-hydroxylation sites is 1. The molecule has 0 unspecified atom stereocenters. The van der Waals surface area contributed by atoms with Gasteiger partial charge in [0.15, 0.2) is 5.82 Å². The van der Waals surface area contributed by atoms with Gasteiger partial charge in [-0.25, -0.2) is 9.97 Å². The summed E-state index contributed by atoms with van der Waals surface area (Å²) in [6.07, 6.45) is 0. The smallest absolute Gasteiger partial charge is 0.160 e. The minimum atomic E-state index is 0.705. The molecule has 0 fully saturated rings. The Hall–Kier alpha value is -6.36. The van der Waals surface area contributed by atoms with Gasteiger partial charge < -0.3 is 4.57 Å². The van der Waals surface area contributed by atoms with Gasteiger partial charge in [-0.15, -0.1) is 11.3 Å². The van der Waals surface area contributed by atoms with Crippen LogP contribution in [0.2, 0.25) is 0 Å². The molecule has 234 valence electrons. The average Bonchev–Trinajstić information content (AvgIpc) is 3.74. The highest BCUT2D eigenvalue weighted by atomic mass is 32.1. The third kappa shape index (κ3) is 4.65. The molecule has 0 aliphatic heterocycles. The van der Waals surface area contributed by atoms with E-state index in [4.69, 9.17) is 9.97 Å². The first-order valence-corrected chi connectivity index (χ1v) is 17.7. The van der Waals surface area contributed by atoms with Crippen LogP contribution < -0.4 is 0 Å². The van der Waals surface area contributed by atoms with Gasteiger partial charge in [0.2, 0.25) is 0 Å². The van der Waals surface area contributed by atoms with Crippen LogP contribution in [-0.4, -0.2) is 14.5 Å². The fraction of sp³-hybridized carbons (Fsp3) is 0. The van der Waals surface area contributed by atoms with Crippen LogP contribution in [0.25, 0.3) is 92.7 Å². The van der Waals surface area contributed by atoms with Gasteiger partial charge in [-0.3, -0.25) is 0 Å². The normalized spacial score (nSPS) is 11.6. The fourth-order valence-electron chi connectivity index (χ4n) is 7.33. The van der Waals surface area contributed by atoms with Crippen molar-refractivity contribution in [2.45, 2.75) is 0 Å². The summed E-state index contributed by atoms with van der Waals surface area (Å²) in [6, 6.07) is 62.4. The first kappa shape index (κ1) is 28.6. The second-order valence-electron chi connectivity index (χ2n) is 12.6. The Balaban J connectivity index is 1.22. The molecule has 0 radical (unpaired) electrons. The van der Waals surface area contributed by atoms with Gasteiger partial charge in [0.05, 0.1) is 22.4 Å². The second kappa shape index (κ2) is 11.7. The van der Waals surface area contributed by atoms with E-state index in [-0.39, 0.29) is 0 Å². The lowest BCUT2D eigenvalue weighted by Crippen LogP contribution is -1.97. The molecule has 0 N–H and O–H groups in total. The average molecular weight is 656 g/mol. The summed E-state index contributed by atoms with van der Waals surface area (Å²) in [7, 11) is 0. The van der Waals surface area contributed by atoms with Crippen molar-refractivity contribution in [1.82, 2.24) is 14.5 Å². The molecule has 7 aromatic carbocycles. The van der Waals surface area contributed by atoms with Gasteiger partial charge in [-0.05, 0) is 59.7 Å². The lowest BCUT2D eigenvalue weighted by molar-refractivity contribution is 1.17. The summed E-state index contributed by atoms with van der Waals surface area (Å²) < 4.78 is 5.04. The molecule has 0 atom stereocenters. The highest BCUT2D eigenvalue weighted by molar-refractivity contribution is 7.26. The Bertz CT molecular complexity index is 2780. The van der Waals surface area contributed by atoms with Crippen molar-refractivity contribution in [3.63, 3.8) is 0 Å². The minimum absolute atomic E-state index is 0.705. The third-order valence-corrected chi connectivity index (χ3v) is 10.7. The first-order valence-electron chi connectivity index (χ1n) is 16.8. The maximum atomic E-state index is 5.09. The van der Waals surface area contributed by atoms with E-state index >= 15 is 0 Å². The van der Waals surface area contributed by atoms with Crippen LogP contribution in [0.5, 0.6) is 0 Å². The Morgan fingerprint density at radius 3 is 1.64 bits per heavy atom. The maximum Gasteiger partial charge on any atom is 0.160 e. The van der Waals surface area contributed by atoms with Gasteiger partial charge >= 0.3 is 0 Å². The molecular formula is C46H29N3S. The van der Waals surface area contributed by atoms with Gasteiger partial charge in [0.1, 0.15) is 0 Å². The van der Waals surface area contributed by atoms with E-state index in [1.54, 1.807) is 0 Å². The van der Waals surface area contributed by atoms with E-state index in [1.807, 2.05) is 23.5 Å². The predicted octanol–water partition coefficient (Wildman–Crippen LogP) is 12.6. The molecule has 0 saturated heterocycles. The summed E-state index contributed by atoms with van der Waals surface area (Å²) >= 11 is 1.87. The molecule has 0 spiro atoms. The Morgan fingerprint density at radius 2 is 0.980 bits per heavy atom. The van der Waals surface area contributed by atoms with Crippen LogP contribution in [0.1, 0.15) is 0 Å². The molecule has 0 bridgehead atoms. The van der Waals surface area contributed by atoms with Crippen LogP contribution in [0, 0.1) is 0 Å². The van der Waals surface area contributed by atoms with Crippen molar-refractivity contribution < 1.29 is 0 Å². The number of fused-ring (bicyclic) bond motifs is 7. The lowest BCUT2D eigenvalue weighted by Gasteiger charge is -2.12. The van der Waals surface area contributed by atoms with Gasteiger partial charge in [-0.1, -0.05) is 127 Å². The summed E-state index contributed by atoms with van der Waals surface area (Å²) in [5, 5.41) is 5.11. The Morgan fingerprint density at radius 1 is 0.420 bits per heavy atom. The van der Waals surface area contributed by atoms with E-state index in [0.29, 0.717) is 5.82 Å². The van der Waals surface area contributed by atoms with E-state index < -0.39 is 0 Å². The summed E-state index contributed by atoms with van der Waals surface area (Å²) in [4.78, 5) is 10.2. The number of hydrogen-bond acceptors (Lipinski definition) is 3. The fourth-order valence-corrected chi connectivity index (χ4v) is 8.47. The topological polar surface area (TPSA) is 30.7 Å². The lowest BCUT2D eigenvalue weighted by atomic mass is 9.97. The number of thiophene rings is 1. The zero-order valence-corrected chi connectivity index (χ0v) is 27.8. The SMILES string of the molecule is c1ccc(-c2cc(-c3ccccc3)nc(-c3ccc(-n4c5ccccc5c5c(-c6ccccc6)cc6sc7ccccc7c6c54)cc3)n2)cc1. The second-order valence-corrected chi connectivity index (χ2v) is 13.7. The molecule has 0 amide bonds. The zero-order chi connectivity index (χ0) is 33.0. The molecule has 3 heterocycles. The highest BCUT2D eigenvalue weighted by Gasteiger charge is 2.22. The number of rotatable bonds is 5. The number of nitrogens with zero attached hydrogens (tertiary/aromatic N) is 3. The van der Waals surface area contributed by atoms with E-state index in [9.17, 15) is 0 Å². The number of benzene rings is 7. The molecule has 3 aromatic heterocycles. The van der Waals surface area contributed by atoms with E-state index in [0.717, 1.165) is 33.8 Å². The van der Waals surface area contributed by atoms with E-state index in [1.165, 1.54) is 53.1 Å². The zero-order valence-electron chi connectivity index (χ0n) is 27.0. The van der Waals surface area contributed by atoms with Gasteiger partial charge in [0, 0.05) is 53.3 Å². The van der Waals surface area contributed by atoms with Crippen molar-refractivity contribution in [3.05, 3.63) is 176 Å². The maximum absolute atomic E-state index is 5.09. The van der Waals surface area contributed by atoms with Gasteiger partial charge in [0.25, 0.3) is 0 Å². The largest absolute Gasteiger partial charge is 0.309 e.